The van der Waals surface area contributed by atoms with Gasteiger partial charge in [0.25, 0.3) is 0 Å². The average molecular weight is 1160 g/mol. The van der Waals surface area contributed by atoms with Crippen LogP contribution in [0.1, 0.15) is 101 Å². The molecule has 11 aromatic carbocycles. The molecule has 11 aromatic rings. The molecule has 0 bridgehead atoms. The van der Waals surface area contributed by atoms with Crippen molar-refractivity contribution in [3.05, 3.63) is 294 Å². The first-order valence-electron chi connectivity index (χ1n) is 30.0. The zero-order valence-corrected chi connectivity index (χ0v) is 52.5. The first kappa shape index (κ1) is 52.8. The van der Waals surface area contributed by atoms with Crippen LogP contribution in [0.3, 0.4) is 0 Å². The molecule has 0 atom stereocenters. The second-order valence-corrected chi connectivity index (χ2v) is 35.9. The molecule has 1 spiro atoms. The number of nitrogens with zero attached hydrogens (tertiary/aromatic N) is 2. The summed E-state index contributed by atoms with van der Waals surface area (Å²) in [5, 5.41) is 0. The van der Waals surface area contributed by atoms with E-state index in [1.807, 2.05) is 11.8 Å². The molecule has 0 aromatic heterocycles. The van der Waals surface area contributed by atoms with E-state index in [1.165, 1.54) is 117 Å². The van der Waals surface area contributed by atoms with Crippen LogP contribution in [0.15, 0.2) is 265 Å². The number of anilines is 6. The number of rotatable bonds is 6. The van der Waals surface area contributed by atoms with E-state index >= 15 is 0 Å². The third-order valence-electron chi connectivity index (χ3n) is 18.9. The van der Waals surface area contributed by atoms with E-state index in [4.69, 9.17) is 0 Å². The van der Waals surface area contributed by atoms with E-state index in [-0.39, 0.29) is 23.0 Å². The average Bonchev–Trinajstić information content (AvgIpc) is 1.44. The summed E-state index contributed by atoms with van der Waals surface area (Å²) < 4.78 is 5.57. The molecule has 2 nitrogen and oxygen atoms in total. The Morgan fingerprint density at radius 3 is 1.31 bits per heavy atom. The second kappa shape index (κ2) is 19.3. The van der Waals surface area contributed by atoms with Crippen molar-refractivity contribution in [3.63, 3.8) is 0 Å². The van der Waals surface area contributed by atoms with Gasteiger partial charge in [-0.3, -0.25) is 0 Å². The van der Waals surface area contributed by atoms with Gasteiger partial charge in [0.1, 0.15) is 0 Å². The van der Waals surface area contributed by atoms with Crippen molar-refractivity contribution in [2.45, 2.75) is 93.8 Å². The number of benzene rings is 11. The summed E-state index contributed by atoms with van der Waals surface area (Å²) in [4.78, 5) is 8.02. The Hall–Kier alpha value is -8.02. The Bertz CT molecular complexity index is 4260. The molecule has 4 aliphatic rings. The first-order valence-corrected chi connectivity index (χ1v) is 35.0. The topological polar surface area (TPSA) is 6.48 Å². The summed E-state index contributed by atoms with van der Waals surface area (Å²) in [5.74, 6) is 0. The van der Waals surface area contributed by atoms with Crippen molar-refractivity contribution in [2.75, 3.05) is 9.80 Å². The molecule has 0 saturated carbocycles. The summed E-state index contributed by atoms with van der Waals surface area (Å²) in [6.07, 6.45) is 0. The van der Waals surface area contributed by atoms with Crippen LogP contribution in [0.5, 0.6) is 0 Å². The van der Waals surface area contributed by atoms with Crippen molar-refractivity contribution in [1.82, 2.24) is 0 Å². The van der Waals surface area contributed by atoms with E-state index in [9.17, 15) is 0 Å². The van der Waals surface area contributed by atoms with Gasteiger partial charge >= 0.3 is 508 Å². The van der Waals surface area contributed by atoms with Gasteiger partial charge in [-0.15, -0.1) is 0 Å². The molecule has 3 aliphatic heterocycles. The molecule has 0 unspecified atom stereocenters. The van der Waals surface area contributed by atoms with Gasteiger partial charge in [-0.25, -0.2) is 0 Å². The van der Waals surface area contributed by atoms with Crippen LogP contribution in [0.2, 0.25) is 0 Å². The van der Waals surface area contributed by atoms with Crippen LogP contribution in [0.25, 0.3) is 11.1 Å². The third kappa shape index (κ3) is 7.78. The molecule has 0 radical (unpaired) electrons. The van der Waals surface area contributed by atoms with Gasteiger partial charge in [0.15, 0.2) is 0 Å². The molecule has 0 fully saturated rings. The van der Waals surface area contributed by atoms with Crippen LogP contribution < -0.4 is 43.8 Å². The standard InChI is InChI=1S/C79H69BGeN2S/c1-76(2,3)52-37-42-59(43-38-52)82-68-48-41-54(78(7,8)9)49-67(68)80-66-47-46-65-73(61-31-19-20-32-62(61)79(65)63-33-21-23-35-71(63)84-72-36-24-22-34-64(72)79)75(66)83(60-44-39-53(40-45-60)77(4,5)6)70-51-58(50-69(82)74(70)80)81(55-25-13-10-14-26-55,56-27-15-11-16-28-56)57-29-17-12-18-30-57/h10-51H,1-9H3. The molecule has 0 saturated heterocycles. The van der Waals surface area contributed by atoms with Gasteiger partial charge in [-0.2, -0.15) is 0 Å². The number of fused-ring (bicyclic) bond motifs is 14. The van der Waals surface area contributed by atoms with E-state index in [0.29, 0.717) is 0 Å². The molecular weight excluding hydrogens is 1090 g/mol. The summed E-state index contributed by atoms with van der Waals surface area (Å²) >= 11 is -2.14. The van der Waals surface area contributed by atoms with Crippen LogP contribution in [-0.2, 0) is 21.7 Å². The second-order valence-electron chi connectivity index (χ2n) is 26.8. The molecule has 15 rings (SSSR count). The van der Waals surface area contributed by atoms with E-state index in [0.717, 1.165) is 11.4 Å². The van der Waals surface area contributed by atoms with Gasteiger partial charge in [0.05, 0.1) is 0 Å². The maximum atomic E-state index is 2.75. The van der Waals surface area contributed by atoms with E-state index < -0.39 is 18.7 Å². The van der Waals surface area contributed by atoms with Gasteiger partial charge in [0.2, 0.25) is 0 Å². The van der Waals surface area contributed by atoms with Crippen molar-refractivity contribution >= 4 is 99.8 Å². The van der Waals surface area contributed by atoms with Gasteiger partial charge in [0, 0.05) is 0 Å². The fourth-order valence-corrected chi connectivity index (χ4v) is 26.2. The maximum absolute atomic E-state index is 4.05. The quantitative estimate of drug-likeness (QED) is 0.153. The molecule has 5 heteroatoms. The predicted octanol–water partition coefficient (Wildman–Crippen LogP) is 15.9. The van der Waals surface area contributed by atoms with Crippen molar-refractivity contribution in [1.29, 1.82) is 0 Å². The number of hydrogen-bond acceptors (Lipinski definition) is 3. The SMILES string of the molecule is CC(C)(C)c1ccc(N2c3ccc(C(C)(C)C)cc3B3c4ccc5c(c4N(c4ccc(C(C)(C)C)cc4)c4c[c]([Ge]([c]6ccccc6)([c]6ccccc6)[c]6ccccc6)cc2c43)-c2ccccc2C52c3ccccc3Sc3ccccc32)cc1. The fourth-order valence-electron chi connectivity index (χ4n) is 14.9. The molecule has 84 heavy (non-hydrogen) atoms. The van der Waals surface area contributed by atoms with E-state index in [2.05, 4.69) is 327 Å². The van der Waals surface area contributed by atoms with Gasteiger partial charge in [-0.1, -0.05) is 0 Å². The molecule has 0 N–H and O–H groups in total. The van der Waals surface area contributed by atoms with Crippen LogP contribution >= 0.6 is 11.8 Å². The number of hydrogen-bond donors (Lipinski definition) is 0. The zero-order valence-electron chi connectivity index (χ0n) is 49.6. The van der Waals surface area contributed by atoms with Crippen molar-refractivity contribution in [2.24, 2.45) is 0 Å². The Kier molecular flexibility index (Phi) is 12.1. The molecule has 3 heterocycles. The molecule has 408 valence electrons. The minimum absolute atomic E-state index is 0.0108. The van der Waals surface area contributed by atoms with Gasteiger partial charge in [-0.05, 0) is 0 Å². The normalized spacial score (nSPS) is 14.5. The van der Waals surface area contributed by atoms with E-state index in [1.54, 1.807) is 0 Å². The van der Waals surface area contributed by atoms with Crippen molar-refractivity contribution < 1.29 is 0 Å². The van der Waals surface area contributed by atoms with Gasteiger partial charge < -0.3 is 0 Å². The summed E-state index contributed by atoms with van der Waals surface area (Å²) in [5.41, 5.74) is 22.5. The van der Waals surface area contributed by atoms with Crippen LogP contribution in [0, 0.1) is 0 Å². The Balaban J connectivity index is 1.15. The monoisotopic (exact) mass is 1160 g/mol. The predicted molar refractivity (Wildman–Crippen MR) is 362 cm³/mol. The van der Waals surface area contributed by atoms with Crippen molar-refractivity contribution in [3.8, 4) is 11.1 Å². The summed E-state index contributed by atoms with van der Waals surface area (Å²) in [6.45, 7) is 20.9. The fraction of sp³-hybridized carbons (Fsp3) is 0.165. The molecule has 0 amide bonds. The summed E-state index contributed by atoms with van der Waals surface area (Å²) in [7, 11) is 0. The summed E-state index contributed by atoms with van der Waals surface area (Å²) in [6, 6.07) is 99.8. The molecular formula is C79H69BGeN2S. The Labute approximate surface area is 504 Å². The molecule has 1 aliphatic carbocycles. The van der Waals surface area contributed by atoms with Crippen LogP contribution in [-0.4, -0.2) is 20.0 Å². The Morgan fingerprint density at radius 2 is 0.798 bits per heavy atom. The third-order valence-corrected chi connectivity index (χ3v) is 30.1. The zero-order chi connectivity index (χ0) is 57.5. The van der Waals surface area contributed by atoms with Crippen LogP contribution in [0.4, 0.5) is 34.1 Å². The Morgan fingerprint density at radius 1 is 0.357 bits per heavy atom. The minimum atomic E-state index is -4.05. The first-order chi connectivity index (χ1) is 40.6.